The Morgan fingerprint density at radius 1 is 1.09 bits per heavy atom. The van der Waals surface area contributed by atoms with Crippen molar-refractivity contribution in [1.29, 1.82) is 0 Å². The highest BCUT2D eigenvalue weighted by Crippen LogP contribution is 2.20. The van der Waals surface area contributed by atoms with Crippen LogP contribution in [0.3, 0.4) is 0 Å². The molecule has 0 spiro atoms. The van der Waals surface area contributed by atoms with Gasteiger partial charge in [0.05, 0.1) is 5.92 Å². The molecule has 3 rings (SSSR count). The summed E-state index contributed by atoms with van der Waals surface area (Å²) in [6.07, 6.45) is 3.61. The van der Waals surface area contributed by atoms with E-state index < -0.39 is 0 Å². The maximum absolute atomic E-state index is 12.7. The van der Waals surface area contributed by atoms with Gasteiger partial charge >= 0.3 is 0 Å². The van der Waals surface area contributed by atoms with E-state index in [4.69, 9.17) is 0 Å². The van der Waals surface area contributed by atoms with Gasteiger partial charge in [-0.05, 0) is 25.0 Å². The largest absolute Gasteiger partial charge is 0.353 e. The quantitative estimate of drug-likeness (QED) is 0.816. The number of carbonyl (C=O) groups excluding carboxylic acids is 2. The van der Waals surface area contributed by atoms with Crippen LogP contribution in [-0.2, 0) is 9.59 Å². The molecule has 2 aliphatic heterocycles. The second-order valence-corrected chi connectivity index (χ2v) is 6.30. The van der Waals surface area contributed by atoms with E-state index >= 15 is 0 Å². The number of likely N-dealkylation sites (tertiary alicyclic amines) is 1. The van der Waals surface area contributed by atoms with Crippen molar-refractivity contribution in [1.82, 2.24) is 14.8 Å². The number of hydrogen-bond donors (Lipinski definition) is 0. The minimum atomic E-state index is -0.0333. The Morgan fingerprint density at radius 3 is 2.52 bits per heavy atom. The Labute approximate surface area is 137 Å². The van der Waals surface area contributed by atoms with Gasteiger partial charge in [-0.15, -0.1) is 0 Å². The number of amides is 2. The molecule has 0 radical (unpaired) electrons. The number of aromatic nitrogens is 1. The molecule has 124 valence electrons. The molecule has 2 saturated heterocycles. The van der Waals surface area contributed by atoms with Gasteiger partial charge in [0.1, 0.15) is 5.82 Å². The molecule has 1 atom stereocenters. The van der Waals surface area contributed by atoms with Gasteiger partial charge in [-0.1, -0.05) is 6.07 Å². The van der Waals surface area contributed by atoms with Gasteiger partial charge in [0.25, 0.3) is 0 Å². The first-order chi connectivity index (χ1) is 11.1. The predicted molar refractivity (Wildman–Crippen MR) is 88.0 cm³/mol. The maximum atomic E-state index is 12.7. The van der Waals surface area contributed by atoms with Crippen molar-refractivity contribution in [2.45, 2.75) is 19.8 Å². The summed E-state index contributed by atoms with van der Waals surface area (Å²) >= 11 is 0. The van der Waals surface area contributed by atoms with E-state index in [0.29, 0.717) is 6.54 Å². The molecule has 1 aromatic rings. The summed E-state index contributed by atoms with van der Waals surface area (Å²) in [6, 6.07) is 5.90. The molecule has 1 aromatic heterocycles. The molecule has 2 fully saturated rings. The average molecular weight is 316 g/mol. The van der Waals surface area contributed by atoms with E-state index in [-0.39, 0.29) is 17.7 Å². The van der Waals surface area contributed by atoms with E-state index in [1.54, 1.807) is 18.0 Å². The average Bonchev–Trinajstić information content (AvgIpc) is 2.62. The van der Waals surface area contributed by atoms with Crippen LogP contribution in [0.1, 0.15) is 19.8 Å². The third-order valence-electron chi connectivity index (χ3n) is 4.78. The Bertz CT molecular complexity index is 555. The van der Waals surface area contributed by atoms with Gasteiger partial charge < -0.3 is 14.7 Å². The molecular formula is C17H24N4O2. The monoisotopic (exact) mass is 316 g/mol. The fourth-order valence-electron chi connectivity index (χ4n) is 3.42. The number of rotatable bonds is 2. The Balaban J connectivity index is 1.55. The lowest BCUT2D eigenvalue weighted by Crippen LogP contribution is -2.53. The molecule has 0 aromatic carbocycles. The lowest BCUT2D eigenvalue weighted by Gasteiger charge is -2.39. The van der Waals surface area contributed by atoms with Crippen LogP contribution in [0.25, 0.3) is 0 Å². The van der Waals surface area contributed by atoms with Crippen molar-refractivity contribution >= 4 is 17.6 Å². The highest BCUT2D eigenvalue weighted by molar-refractivity contribution is 5.81. The zero-order chi connectivity index (χ0) is 16.2. The molecule has 23 heavy (non-hydrogen) atoms. The van der Waals surface area contributed by atoms with Crippen LogP contribution in [0, 0.1) is 5.92 Å². The van der Waals surface area contributed by atoms with Gasteiger partial charge in [0, 0.05) is 52.4 Å². The molecule has 6 nitrogen and oxygen atoms in total. The van der Waals surface area contributed by atoms with Gasteiger partial charge in [-0.25, -0.2) is 4.98 Å². The second kappa shape index (κ2) is 6.98. The summed E-state index contributed by atoms with van der Waals surface area (Å²) in [5.41, 5.74) is 0. The highest BCUT2D eigenvalue weighted by Gasteiger charge is 2.31. The molecule has 2 amide bonds. The van der Waals surface area contributed by atoms with E-state index in [2.05, 4.69) is 9.88 Å². The summed E-state index contributed by atoms with van der Waals surface area (Å²) < 4.78 is 0. The number of nitrogens with zero attached hydrogens (tertiary/aromatic N) is 4. The van der Waals surface area contributed by atoms with Crippen LogP contribution in [0.4, 0.5) is 5.82 Å². The summed E-state index contributed by atoms with van der Waals surface area (Å²) in [4.78, 5) is 34.6. The minimum absolute atomic E-state index is 0.0333. The topological polar surface area (TPSA) is 56.8 Å². The van der Waals surface area contributed by atoms with Crippen LogP contribution in [0.5, 0.6) is 0 Å². The number of piperazine rings is 1. The Hall–Kier alpha value is -2.11. The molecule has 0 unspecified atom stereocenters. The molecule has 2 aliphatic rings. The zero-order valence-corrected chi connectivity index (χ0v) is 13.6. The van der Waals surface area contributed by atoms with Crippen molar-refractivity contribution in [2.24, 2.45) is 5.92 Å². The van der Waals surface area contributed by atoms with Crippen molar-refractivity contribution < 1.29 is 9.59 Å². The van der Waals surface area contributed by atoms with E-state index in [1.165, 1.54) is 0 Å². The fourth-order valence-corrected chi connectivity index (χ4v) is 3.42. The standard InChI is InChI=1S/C17H24N4O2/c1-14(22)21-8-4-5-15(13-21)17(23)20-11-9-19(10-12-20)16-6-2-3-7-18-16/h2-3,6-7,15H,4-5,8-13H2,1H3/t15-/m0/s1. The first kappa shape index (κ1) is 15.8. The lowest BCUT2D eigenvalue weighted by atomic mass is 9.96. The number of anilines is 1. The van der Waals surface area contributed by atoms with Crippen LogP contribution >= 0.6 is 0 Å². The summed E-state index contributed by atoms with van der Waals surface area (Å²) in [5.74, 6) is 1.22. The van der Waals surface area contributed by atoms with Crippen LogP contribution in [-0.4, -0.2) is 65.9 Å². The molecule has 0 bridgehead atoms. The van der Waals surface area contributed by atoms with Crippen molar-refractivity contribution in [2.75, 3.05) is 44.2 Å². The van der Waals surface area contributed by atoms with Gasteiger partial charge in [0.2, 0.25) is 11.8 Å². The summed E-state index contributed by atoms with van der Waals surface area (Å²) in [6.45, 7) is 6.02. The third-order valence-corrected chi connectivity index (χ3v) is 4.78. The van der Waals surface area contributed by atoms with Gasteiger partial charge in [0.15, 0.2) is 0 Å². The maximum Gasteiger partial charge on any atom is 0.227 e. The fraction of sp³-hybridized carbons (Fsp3) is 0.588. The van der Waals surface area contributed by atoms with E-state index in [9.17, 15) is 9.59 Å². The van der Waals surface area contributed by atoms with E-state index in [0.717, 1.165) is 51.4 Å². The highest BCUT2D eigenvalue weighted by atomic mass is 16.2. The number of carbonyl (C=O) groups is 2. The van der Waals surface area contributed by atoms with Crippen LogP contribution < -0.4 is 4.90 Å². The SMILES string of the molecule is CC(=O)N1CCC[C@H](C(=O)N2CCN(c3ccccn3)CC2)C1. The smallest absolute Gasteiger partial charge is 0.227 e. The minimum Gasteiger partial charge on any atom is -0.353 e. The van der Waals surface area contributed by atoms with Crippen LogP contribution in [0.2, 0.25) is 0 Å². The predicted octanol–water partition coefficient (Wildman–Crippen LogP) is 0.989. The summed E-state index contributed by atoms with van der Waals surface area (Å²) in [5, 5.41) is 0. The first-order valence-electron chi connectivity index (χ1n) is 8.35. The first-order valence-corrected chi connectivity index (χ1v) is 8.35. The Kier molecular flexibility index (Phi) is 4.79. The Morgan fingerprint density at radius 2 is 1.87 bits per heavy atom. The third kappa shape index (κ3) is 3.63. The van der Waals surface area contributed by atoms with Crippen molar-refractivity contribution in [3.63, 3.8) is 0 Å². The van der Waals surface area contributed by atoms with Crippen molar-refractivity contribution in [3.05, 3.63) is 24.4 Å². The molecule has 0 N–H and O–H groups in total. The number of hydrogen-bond acceptors (Lipinski definition) is 4. The lowest BCUT2D eigenvalue weighted by molar-refractivity contribution is -0.140. The van der Waals surface area contributed by atoms with Gasteiger partial charge in [-0.2, -0.15) is 0 Å². The van der Waals surface area contributed by atoms with Crippen LogP contribution in [0.15, 0.2) is 24.4 Å². The molecule has 6 heteroatoms. The number of pyridine rings is 1. The van der Waals surface area contributed by atoms with E-state index in [1.807, 2.05) is 23.1 Å². The molecule has 3 heterocycles. The molecule has 0 aliphatic carbocycles. The molecular weight excluding hydrogens is 292 g/mol. The van der Waals surface area contributed by atoms with Crippen molar-refractivity contribution in [3.8, 4) is 0 Å². The molecule has 0 saturated carbocycles. The summed E-state index contributed by atoms with van der Waals surface area (Å²) in [7, 11) is 0. The normalized spacial score (nSPS) is 22.1. The zero-order valence-electron chi connectivity index (χ0n) is 13.6. The number of piperidine rings is 1. The second-order valence-electron chi connectivity index (χ2n) is 6.30. The van der Waals surface area contributed by atoms with Gasteiger partial charge in [-0.3, -0.25) is 9.59 Å².